The maximum Gasteiger partial charge on any atom is 0.349 e. The highest BCUT2D eigenvalue weighted by Gasteiger charge is 2.15. The van der Waals surface area contributed by atoms with E-state index in [4.69, 9.17) is 21.1 Å². The van der Waals surface area contributed by atoms with Gasteiger partial charge in [0.2, 0.25) is 5.82 Å². The molecule has 0 spiro atoms. The summed E-state index contributed by atoms with van der Waals surface area (Å²) in [5.74, 6) is -1.70. The van der Waals surface area contributed by atoms with Crippen LogP contribution in [-0.4, -0.2) is 17.5 Å². The van der Waals surface area contributed by atoms with Gasteiger partial charge in [-0.15, -0.1) is 0 Å². The SMILES string of the molecule is O=C(COc1ccc([N+](=O)[O-])c(F)c1)Oc1ccc(Br)cc1Cl. The zero-order chi connectivity index (χ0) is 17.0. The molecule has 0 radical (unpaired) electrons. The largest absolute Gasteiger partial charge is 0.482 e. The molecule has 0 aliphatic heterocycles. The lowest BCUT2D eigenvalue weighted by Crippen LogP contribution is -2.18. The smallest absolute Gasteiger partial charge is 0.349 e. The van der Waals surface area contributed by atoms with Crippen LogP contribution < -0.4 is 9.47 Å². The summed E-state index contributed by atoms with van der Waals surface area (Å²) in [7, 11) is 0. The zero-order valence-electron chi connectivity index (χ0n) is 11.3. The number of carbonyl (C=O) groups is 1. The van der Waals surface area contributed by atoms with E-state index in [-0.39, 0.29) is 16.5 Å². The van der Waals surface area contributed by atoms with Crippen molar-refractivity contribution in [3.63, 3.8) is 0 Å². The molecule has 2 aromatic carbocycles. The quantitative estimate of drug-likeness (QED) is 0.324. The molecule has 0 amide bonds. The lowest BCUT2D eigenvalue weighted by molar-refractivity contribution is -0.387. The molecule has 9 heteroatoms. The van der Waals surface area contributed by atoms with Gasteiger partial charge in [0.25, 0.3) is 0 Å². The number of nitro groups is 1. The van der Waals surface area contributed by atoms with Gasteiger partial charge in [0, 0.05) is 16.6 Å². The molecule has 2 rings (SSSR count). The van der Waals surface area contributed by atoms with E-state index in [0.717, 1.165) is 16.6 Å². The van der Waals surface area contributed by atoms with Gasteiger partial charge in [-0.05, 0) is 24.3 Å². The average Bonchev–Trinajstić information content (AvgIpc) is 2.48. The van der Waals surface area contributed by atoms with Crippen molar-refractivity contribution in [1.29, 1.82) is 0 Å². The van der Waals surface area contributed by atoms with Crippen molar-refractivity contribution in [3.8, 4) is 11.5 Å². The predicted octanol–water partition coefficient (Wildman–Crippen LogP) is 4.13. The van der Waals surface area contributed by atoms with E-state index in [1.54, 1.807) is 12.1 Å². The molecule has 0 heterocycles. The third-order valence-corrected chi connectivity index (χ3v) is 3.38. The first-order valence-corrected chi connectivity index (χ1v) is 7.26. The third-order valence-electron chi connectivity index (χ3n) is 2.59. The van der Waals surface area contributed by atoms with Crippen molar-refractivity contribution in [2.45, 2.75) is 0 Å². The Morgan fingerprint density at radius 1 is 1.30 bits per heavy atom. The van der Waals surface area contributed by atoms with E-state index in [0.29, 0.717) is 0 Å². The molecule has 0 saturated carbocycles. The van der Waals surface area contributed by atoms with Crippen LogP contribution in [0.1, 0.15) is 0 Å². The van der Waals surface area contributed by atoms with Crippen LogP contribution in [0.5, 0.6) is 11.5 Å². The van der Waals surface area contributed by atoms with Gasteiger partial charge < -0.3 is 9.47 Å². The minimum absolute atomic E-state index is 0.0352. The summed E-state index contributed by atoms with van der Waals surface area (Å²) in [5.41, 5.74) is -0.679. The van der Waals surface area contributed by atoms with Crippen LogP contribution in [-0.2, 0) is 4.79 Å². The fourth-order valence-electron chi connectivity index (χ4n) is 1.58. The maximum atomic E-state index is 13.4. The molecule has 6 nitrogen and oxygen atoms in total. The number of benzene rings is 2. The van der Waals surface area contributed by atoms with Crippen LogP contribution >= 0.6 is 27.5 Å². The Kier molecular flexibility index (Phi) is 5.51. The highest BCUT2D eigenvalue weighted by molar-refractivity contribution is 9.10. The number of nitro benzene ring substituents is 1. The van der Waals surface area contributed by atoms with Crippen LogP contribution in [0.4, 0.5) is 10.1 Å². The molecule has 0 aliphatic rings. The number of esters is 1. The first kappa shape index (κ1) is 17.2. The normalized spacial score (nSPS) is 10.2. The molecule has 0 atom stereocenters. The summed E-state index contributed by atoms with van der Waals surface area (Å²) in [6.45, 7) is -0.510. The molecule has 0 N–H and O–H groups in total. The monoisotopic (exact) mass is 403 g/mol. The number of nitrogens with zero attached hydrogens (tertiary/aromatic N) is 1. The van der Waals surface area contributed by atoms with Gasteiger partial charge >= 0.3 is 11.7 Å². The Hall–Kier alpha value is -2.19. The molecule has 2 aromatic rings. The van der Waals surface area contributed by atoms with Crippen molar-refractivity contribution in [2.24, 2.45) is 0 Å². The summed E-state index contributed by atoms with van der Waals surface area (Å²) < 4.78 is 24.2. The lowest BCUT2D eigenvalue weighted by Gasteiger charge is -2.08. The van der Waals surface area contributed by atoms with Crippen molar-refractivity contribution < 1.29 is 23.6 Å². The minimum atomic E-state index is -1.06. The Balaban J connectivity index is 1.96. The summed E-state index contributed by atoms with van der Waals surface area (Å²) in [4.78, 5) is 21.3. The second kappa shape index (κ2) is 7.38. The first-order valence-electron chi connectivity index (χ1n) is 6.09. The van der Waals surface area contributed by atoms with E-state index in [2.05, 4.69) is 15.9 Å². The molecule has 0 bridgehead atoms. The first-order chi connectivity index (χ1) is 10.9. The van der Waals surface area contributed by atoms with E-state index < -0.39 is 29.0 Å². The van der Waals surface area contributed by atoms with E-state index >= 15 is 0 Å². The number of hydrogen-bond acceptors (Lipinski definition) is 5. The van der Waals surface area contributed by atoms with Gasteiger partial charge in [-0.2, -0.15) is 4.39 Å². The van der Waals surface area contributed by atoms with Crippen LogP contribution in [0.3, 0.4) is 0 Å². The number of ether oxygens (including phenoxy) is 2. The van der Waals surface area contributed by atoms with Crippen molar-refractivity contribution in [3.05, 3.63) is 61.8 Å². The Morgan fingerprint density at radius 2 is 2.04 bits per heavy atom. The molecule has 0 saturated heterocycles. The predicted molar refractivity (Wildman–Crippen MR) is 83.3 cm³/mol. The fraction of sp³-hybridized carbons (Fsp3) is 0.0714. The standard InChI is InChI=1S/C14H8BrClFNO5/c15-8-1-4-13(10(16)5-8)23-14(19)7-22-9-2-3-12(18(20)21)11(17)6-9/h1-6H,7H2. The Morgan fingerprint density at radius 3 is 2.65 bits per heavy atom. The summed E-state index contributed by atoms with van der Waals surface area (Å²) in [6.07, 6.45) is 0. The molecule has 0 aromatic heterocycles. The van der Waals surface area contributed by atoms with Crippen LogP contribution in [0.2, 0.25) is 5.02 Å². The van der Waals surface area contributed by atoms with Gasteiger partial charge in [0.15, 0.2) is 6.61 Å². The van der Waals surface area contributed by atoms with E-state index in [9.17, 15) is 19.3 Å². The third kappa shape index (κ3) is 4.64. The fourth-order valence-corrected chi connectivity index (χ4v) is 2.29. The van der Waals surface area contributed by atoms with Gasteiger partial charge in [-0.25, -0.2) is 4.79 Å². The number of carbonyl (C=O) groups excluding carboxylic acids is 1. The lowest BCUT2D eigenvalue weighted by atomic mass is 10.3. The highest BCUT2D eigenvalue weighted by Crippen LogP contribution is 2.28. The molecule has 0 aliphatic carbocycles. The van der Waals surface area contributed by atoms with Crippen molar-refractivity contribution >= 4 is 39.2 Å². The summed E-state index contributed by atoms with van der Waals surface area (Å²) in [6, 6.07) is 7.63. The highest BCUT2D eigenvalue weighted by atomic mass is 79.9. The molecule has 120 valence electrons. The van der Waals surface area contributed by atoms with Gasteiger partial charge in [0.1, 0.15) is 11.5 Å². The molecule has 23 heavy (non-hydrogen) atoms. The maximum absolute atomic E-state index is 13.4. The van der Waals surface area contributed by atoms with Crippen molar-refractivity contribution in [1.82, 2.24) is 0 Å². The second-order valence-corrected chi connectivity index (χ2v) is 5.53. The zero-order valence-corrected chi connectivity index (χ0v) is 13.6. The van der Waals surface area contributed by atoms with Crippen LogP contribution in [0, 0.1) is 15.9 Å². The van der Waals surface area contributed by atoms with Crippen LogP contribution in [0.25, 0.3) is 0 Å². The van der Waals surface area contributed by atoms with Gasteiger partial charge in [0.05, 0.1) is 9.95 Å². The summed E-state index contributed by atoms with van der Waals surface area (Å²) in [5, 5.41) is 10.7. The van der Waals surface area contributed by atoms with E-state index in [1.165, 1.54) is 12.1 Å². The summed E-state index contributed by atoms with van der Waals surface area (Å²) >= 11 is 9.11. The van der Waals surface area contributed by atoms with Gasteiger partial charge in [-0.3, -0.25) is 10.1 Å². The van der Waals surface area contributed by atoms with Crippen LogP contribution in [0.15, 0.2) is 40.9 Å². The molecule has 0 unspecified atom stereocenters. The minimum Gasteiger partial charge on any atom is -0.482 e. The van der Waals surface area contributed by atoms with Gasteiger partial charge in [-0.1, -0.05) is 27.5 Å². The molecular formula is C14H8BrClFNO5. The topological polar surface area (TPSA) is 78.7 Å². The average molecular weight is 405 g/mol. The van der Waals surface area contributed by atoms with Crippen molar-refractivity contribution in [2.75, 3.05) is 6.61 Å². The number of hydrogen-bond donors (Lipinski definition) is 0. The van der Waals surface area contributed by atoms with E-state index in [1.807, 2.05) is 0 Å². The second-order valence-electron chi connectivity index (χ2n) is 4.21. The Labute approximate surface area is 143 Å². The molecular weight excluding hydrogens is 397 g/mol. The Bertz CT molecular complexity index is 771. The molecule has 0 fully saturated rings. The number of halogens is 3. The number of rotatable bonds is 5.